The molecular formula is C16H18N2O2. The molecule has 1 aromatic carbocycles. The molecule has 3 rings (SSSR count). The standard InChI is InChI=1S/C16H18N2O2/c1-16(2,3)15-12-13(17-18(15)8-9-19)10-6-4-5-7-11(10)14(12)20/h4-7,19H,8-9H2,1-3H3. The minimum absolute atomic E-state index is 0.0134. The van der Waals surface area contributed by atoms with Crippen LogP contribution in [0.4, 0.5) is 0 Å². The topological polar surface area (TPSA) is 55.1 Å². The van der Waals surface area contributed by atoms with Gasteiger partial charge < -0.3 is 5.11 Å². The van der Waals surface area contributed by atoms with E-state index < -0.39 is 0 Å². The van der Waals surface area contributed by atoms with Crippen molar-refractivity contribution >= 4 is 5.78 Å². The van der Waals surface area contributed by atoms with E-state index in [-0.39, 0.29) is 17.8 Å². The Bertz CT molecular complexity index is 693. The summed E-state index contributed by atoms with van der Waals surface area (Å²) in [6.07, 6.45) is 0. The van der Waals surface area contributed by atoms with Crippen molar-refractivity contribution in [3.05, 3.63) is 41.1 Å². The molecule has 0 radical (unpaired) electrons. The van der Waals surface area contributed by atoms with Crippen LogP contribution in [0, 0.1) is 0 Å². The van der Waals surface area contributed by atoms with Crippen molar-refractivity contribution in [2.24, 2.45) is 0 Å². The fourth-order valence-electron chi connectivity index (χ4n) is 2.91. The van der Waals surface area contributed by atoms with Crippen LogP contribution in [0.3, 0.4) is 0 Å². The molecule has 1 aromatic heterocycles. The quantitative estimate of drug-likeness (QED) is 0.778. The first-order valence-electron chi connectivity index (χ1n) is 6.81. The molecule has 2 aromatic rings. The fraction of sp³-hybridized carbons (Fsp3) is 0.375. The number of nitrogens with zero attached hydrogens (tertiary/aromatic N) is 2. The lowest BCUT2D eigenvalue weighted by Gasteiger charge is -2.21. The fourth-order valence-corrected chi connectivity index (χ4v) is 2.91. The molecule has 0 spiro atoms. The molecule has 0 aliphatic heterocycles. The minimum Gasteiger partial charge on any atom is -0.394 e. The highest BCUT2D eigenvalue weighted by molar-refractivity contribution is 6.21. The van der Waals surface area contributed by atoms with E-state index >= 15 is 0 Å². The second kappa shape index (κ2) is 4.28. The van der Waals surface area contributed by atoms with Crippen LogP contribution in [-0.4, -0.2) is 27.3 Å². The Morgan fingerprint density at radius 3 is 2.45 bits per heavy atom. The average Bonchev–Trinajstić information content (AvgIpc) is 2.87. The SMILES string of the molecule is CC(C)(C)c1c2c(nn1CCO)-c1ccccc1C2=O. The molecule has 1 N–H and O–H groups in total. The van der Waals surface area contributed by atoms with Crippen LogP contribution in [-0.2, 0) is 12.0 Å². The van der Waals surface area contributed by atoms with Gasteiger partial charge in [0.15, 0.2) is 5.78 Å². The van der Waals surface area contributed by atoms with Crippen molar-refractivity contribution < 1.29 is 9.90 Å². The number of benzene rings is 1. The monoisotopic (exact) mass is 270 g/mol. The molecule has 0 amide bonds. The first kappa shape index (κ1) is 13.1. The maximum atomic E-state index is 12.7. The number of aromatic nitrogens is 2. The summed E-state index contributed by atoms with van der Waals surface area (Å²) in [5.74, 6) is 0.0460. The van der Waals surface area contributed by atoms with Crippen molar-refractivity contribution in [2.45, 2.75) is 32.7 Å². The molecular weight excluding hydrogens is 252 g/mol. The summed E-state index contributed by atoms with van der Waals surface area (Å²) in [6.45, 7) is 6.62. The number of hydrogen-bond acceptors (Lipinski definition) is 3. The highest BCUT2D eigenvalue weighted by atomic mass is 16.3. The smallest absolute Gasteiger partial charge is 0.197 e. The van der Waals surface area contributed by atoms with Gasteiger partial charge in [-0.25, -0.2) is 0 Å². The van der Waals surface area contributed by atoms with Gasteiger partial charge in [0.05, 0.1) is 24.4 Å². The lowest BCUT2D eigenvalue weighted by molar-refractivity contribution is 0.104. The summed E-state index contributed by atoms with van der Waals surface area (Å²) >= 11 is 0. The van der Waals surface area contributed by atoms with Crippen LogP contribution in [0.2, 0.25) is 0 Å². The summed E-state index contributed by atoms with van der Waals surface area (Å²) in [4.78, 5) is 12.7. The molecule has 104 valence electrons. The van der Waals surface area contributed by atoms with Crippen molar-refractivity contribution in [3.8, 4) is 11.3 Å². The van der Waals surface area contributed by atoms with Gasteiger partial charge in [-0.3, -0.25) is 9.48 Å². The molecule has 0 atom stereocenters. The van der Waals surface area contributed by atoms with Gasteiger partial charge in [0, 0.05) is 16.5 Å². The molecule has 0 bridgehead atoms. The maximum Gasteiger partial charge on any atom is 0.197 e. The first-order chi connectivity index (χ1) is 9.45. The van der Waals surface area contributed by atoms with E-state index in [1.54, 1.807) is 4.68 Å². The van der Waals surface area contributed by atoms with Crippen molar-refractivity contribution in [2.75, 3.05) is 6.61 Å². The molecule has 1 aliphatic carbocycles. The van der Waals surface area contributed by atoms with Gasteiger partial charge in [-0.05, 0) is 0 Å². The zero-order valence-corrected chi connectivity index (χ0v) is 12.0. The molecule has 4 nitrogen and oxygen atoms in total. The average molecular weight is 270 g/mol. The Labute approximate surface area is 118 Å². The molecule has 1 aliphatic rings. The van der Waals surface area contributed by atoms with E-state index in [9.17, 15) is 9.90 Å². The van der Waals surface area contributed by atoms with Gasteiger partial charge in [-0.15, -0.1) is 0 Å². The van der Waals surface area contributed by atoms with Crippen LogP contribution in [0.5, 0.6) is 0 Å². The highest BCUT2D eigenvalue weighted by Gasteiger charge is 2.37. The number of rotatable bonds is 2. The number of aliphatic hydroxyl groups excluding tert-OH is 1. The summed E-state index contributed by atoms with van der Waals surface area (Å²) in [5, 5.41) is 13.8. The van der Waals surface area contributed by atoms with E-state index in [0.717, 1.165) is 22.5 Å². The van der Waals surface area contributed by atoms with Gasteiger partial charge in [0.25, 0.3) is 0 Å². The van der Waals surface area contributed by atoms with Crippen LogP contribution in [0.15, 0.2) is 24.3 Å². The number of fused-ring (bicyclic) bond motifs is 3. The normalized spacial score (nSPS) is 13.5. The minimum atomic E-state index is -0.201. The molecule has 0 unspecified atom stereocenters. The van der Waals surface area contributed by atoms with Crippen molar-refractivity contribution in [3.63, 3.8) is 0 Å². The zero-order valence-electron chi connectivity index (χ0n) is 12.0. The summed E-state index contributed by atoms with van der Waals surface area (Å²) in [5.41, 5.74) is 3.79. The Morgan fingerprint density at radius 2 is 1.85 bits per heavy atom. The van der Waals surface area contributed by atoms with E-state index in [1.807, 2.05) is 24.3 Å². The molecule has 0 fully saturated rings. The Kier molecular flexibility index (Phi) is 2.80. The molecule has 4 heteroatoms. The van der Waals surface area contributed by atoms with Crippen molar-refractivity contribution in [1.82, 2.24) is 9.78 Å². The summed E-state index contributed by atoms with van der Waals surface area (Å²) < 4.78 is 1.78. The first-order valence-corrected chi connectivity index (χ1v) is 6.81. The van der Waals surface area contributed by atoms with E-state index in [2.05, 4.69) is 25.9 Å². The second-order valence-electron chi connectivity index (χ2n) is 6.14. The van der Waals surface area contributed by atoms with Crippen molar-refractivity contribution in [1.29, 1.82) is 0 Å². The predicted octanol–water partition coefficient (Wildman–Crippen LogP) is 2.38. The van der Waals surface area contributed by atoms with E-state index in [0.29, 0.717) is 12.1 Å². The van der Waals surface area contributed by atoms with Gasteiger partial charge in [0.1, 0.15) is 5.69 Å². The van der Waals surface area contributed by atoms with E-state index in [4.69, 9.17) is 0 Å². The Morgan fingerprint density at radius 1 is 1.20 bits per heavy atom. The molecule has 1 heterocycles. The van der Waals surface area contributed by atoms with Gasteiger partial charge in [0.2, 0.25) is 0 Å². The number of carbonyl (C=O) groups is 1. The third kappa shape index (κ3) is 1.72. The van der Waals surface area contributed by atoms with E-state index in [1.165, 1.54) is 0 Å². The molecule has 20 heavy (non-hydrogen) atoms. The predicted molar refractivity (Wildman–Crippen MR) is 76.9 cm³/mol. The second-order valence-corrected chi connectivity index (χ2v) is 6.14. The third-order valence-electron chi connectivity index (χ3n) is 3.63. The number of carbonyl (C=O) groups excluding carboxylic acids is 1. The maximum absolute atomic E-state index is 12.7. The largest absolute Gasteiger partial charge is 0.394 e. The molecule has 0 saturated carbocycles. The zero-order chi connectivity index (χ0) is 14.5. The van der Waals surface area contributed by atoms with Gasteiger partial charge in [-0.1, -0.05) is 45.0 Å². The van der Waals surface area contributed by atoms with Crippen LogP contribution < -0.4 is 0 Å². The Hall–Kier alpha value is -1.94. The lowest BCUT2D eigenvalue weighted by Crippen LogP contribution is -2.22. The highest BCUT2D eigenvalue weighted by Crippen LogP contribution is 2.41. The lowest BCUT2D eigenvalue weighted by atomic mass is 9.88. The van der Waals surface area contributed by atoms with Crippen LogP contribution in [0.25, 0.3) is 11.3 Å². The number of hydrogen-bond donors (Lipinski definition) is 1. The number of ketones is 1. The molecule has 0 saturated heterocycles. The third-order valence-corrected chi connectivity index (χ3v) is 3.63. The van der Waals surface area contributed by atoms with Gasteiger partial charge >= 0.3 is 0 Å². The van der Waals surface area contributed by atoms with Gasteiger partial charge in [-0.2, -0.15) is 5.10 Å². The van der Waals surface area contributed by atoms with Crippen LogP contribution >= 0.6 is 0 Å². The summed E-state index contributed by atoms with van der Waals surface area (Å²) in [6, 6.07) is 7.58. The Balaban J connectivity index is 2.30. The number of aliphatic hydroxyl groups is 1. The van der Waals surface area contributed by atoms with Crippen LogP contribution in [0.1, 0.15) is 42.4 Å². The summed E-state index contributed by atoms with van der Waals surface area (Å²) in [7, 11) is 0.